The molecule has 0 amide bonds. The maximum absolute atomic E-state index is 11.4. The lowest BCUT2D eigenvalue weighted by Crippen LogP contribution is -2.08. The highest BCUT2D eigenvalue weighted by Gasteiger charge is 2.14. The number of benzene rings is 2. The minimum absolute atomic E-state index is 0.294. The van der Waals surface area contributed by atoms with Crippen molar-refractivity contribution in [2.24, 2.45) is 0 Å². The molecule has 178 valence electrons. The Hall–Kier alpha value is -3.24. The first kappa shape index (κ1) is 27.8. The van der Waals surface area contributed by atoms with Crippen LogP contribution in [0.5, 0.6) is 0 Å². The van der Waals surface area contributed by atoms with Gasteiger partial charge in [0.1, 0.15) is 0 Å². The predicted molar refractivity (Wildman–Crippen MR) is 122 cm³/mol. The molecule has 0 aliphatic heterocycles. The molecule has 2 aromatic rings. The molecule has 2 rings (SSSR count). The van der Waals surface area contributed by atoms with Crippen molar-refractivity contribution in [3.63, 3.8) is 0 Å². The van der Waals surface area contributed by atoms with Gasteiger partial charge in [-0.1, -0.05) is 15.9 Å². The van der Waals surface area contributed by atoms with E-state index in [4.69, 9.17) is 4.74 Å². The molecule has 0 aliphatic carbocycles. The van der Waals surface area contributed by atoms with E-state index in [2.05, 4.69) is 34.9 Å². The summed E-state index contributed by atoms with van der Waals surface area (Å²) < 4.78 is 23.4. The van der Waals surface area contributed by atoms with Gasteiger partial charge >= 0.3 is 23.9 Å². The third kappa shape index (κ3) is 8.32. The number of esters is 4. The molecule has 0 atom stereocenters. The van der Waals surface area contributed by atoms with Gasteiger partial charge in [-0.25, -0.2) is 19.2 Å². The van der Waals surface area contributed by atoms with Crippen LogP contribution in [-0.2, 0) is 35.6 Å². The first-order valence-electron chi connectivity index (χ1n) is 9.40. The van der Waals surface area contributed by atoms with Crippen LogP contribution in [0.4, 0.5) is 0 Å². The summed E-state index contributed by atoms with van der Waals surface area (Å²) in [6, 6.07) is 9.42. The zero-order valence-electron chi connectivity index (χ0n) is 18.9. The summed E-state index contributed by atoms with van der Waals surface area (Å²) in [6.45, 7) is 0.300. The molecule has 33 heavy (non-hydrogen) atoms. The molecule has 0 heterocycles. The maximum Gasteiger partial charge on any atom is 0.337 e. The fourth-order valence-electron chi connectivity index (χ4n) is 2.65. The van der Waals surface area contributed by atoms with Crippen molar-refractivity contribution in [1.82, 2.24) is 0 Å². The molecule has 10 heteroatoms. The predicted octanol–water partition coefficient (Wildman–Crippen LogP) is 3.56. The van der Waals surface area contributed by atoms with Gasteiger partial charge < -0.3 is 23.7 Å². The van der Waals surface area contributed by atoms with Crippen molar-refractivity contribution in [3.05, 3.63) is 69.8 Å². The van der Waals surface area contributed by atoms with Gasteiger partial charge in [0, 0.05) is 12.4 Å². The van der Waals surface area contributed by atoms with E-state index >= 15 is 0 Å². The van der Waals surface area contributed by atoms with E-state index < -0.39 is 23.9 Å². The molecular weight excluding hydrogens is 500 g/mol. The number of carbonyl (C=O) groups excluding carboxylic acids is 4. The zero-order valence-corrected chi connectivity index (χ0v) is 20.5. The standard InChI is InChI=1S/C12H14O5.C11H11BrO4/c1-15-7-8-4-9(11(13)16-2)6-10(5-8)12(14)17-3;1-15-10(13)8-3-7(6-12)4-9(5-8)11(14)16-2/h4-6H,7H2,1-3H3;3-5H,6H2,1-2H3. The number of hydrogen-bond donors (Lipinski definition) is 0. The van der Waals surface area contributed by atoms with Crippen molar-refractivity contribution in [2.45, 2.75) is 11.9 Å². The van der Waals surface area contributed by atoms with Gasteiger partial charge in [0.05, 0.1) is 57.3 Å². The second-order valence-corrected chi connectivity index (χ2v) is 6.93. The molecule has 0 saturated heterocycles. The van der Waals surface area contributed by atoms with Crippen LogP contribution >= 0.6 is 15.9 Å². The average molecular weight is 525 g/mol. The molecule has 2 aromatic carbocycles. The summed E-state index contributed by atoms with van der Waals surface area (Å²) in [7, 11) is 6.68. The Morgan fingerprint density at radius 3 is 1.12 bits per heavy atom. The van der Waals surface area contributed by atoms with Crippen LogP contribution < -0.4 is 0 Å². The highest BCUT2D eigenvalue weighted by atomic mass is 79.9. The number of carbonyl (C=O) groups is 4. The molecule has 0 aromatic heterocycles. The summed E-state index contributed by atoms with van der Waals surface area (Å²) in [6.07, 6.45) is 0. The monoisotopic (exact) mass is 524 g/mol. The van der Waals surface area contributed by atoms with Gasteiger partial charge in [-0.05, 0) is 47.5 Å². The van der Waals surface area contributed by atoms with Crippen LogP contribution in [0.25, 0.3) is 0 Å². The van der Waals surface area contributed by atoms with E-state index in [1.165, 1.54) is 47.7 Å². The van der Waals surface area contributed by atoms with E-state index in [9.17, 15) is 19.2 Å². The molecule has 0 spiro atoms. The first-order valence-corrected chi connectivity index (χ1v) is 10.5. The maximum atomic E-state index is 11.4. The van der Waals surface area contributed by atoms with Gasteiger partial charge in [0.2, 0.25) is 0 Å². The Kier molecular flexibility index (Phi) is 11.8. The minimum atomic E-state index is -0.506. The Labute approximate surface area is 200 Å². The third-order valence-electron chi connectivity index (χ3n) is 4.14. The topological polar surface area (TPSA) is 114 Å². The highest BCUT2D eigenvalue weighted by molar-refractivity contribution is 9.08. The molecule has 9 nitrogen and oxygen atoms in total. The molecule has 0 saturated carbocycles. The van der Waals surface area contributed by atoms with Crippen molar-refractivity contribution in [2.75, 3.05) is 35.5 Å². The molecule has 0 aliphatic rings. The number of ether oxygens (including phenoxy) is 5. The summed E-state index contributed by atoms with van der Waals surface area (Å²) in [4.78, 5) is 45.5. The van der Waals surface area contributed by atoms with E-state index in [0.717, 1.165) is 5.56 Å². The normalized spacial score (nSPS) is 9.76. The van der Waals surface area contributed by atoms with Crippen LogP contribution in [0.1, 0.15) is 52.6 Å². The number of rotatable bonds is 7. The van der Waals surface area contributed by atoms with Crippen molar-refractivity contribution in [1.29, 1.82) is 0 Å². The Morgan fingerprint density at radius 1 is 0.576 bits per heavy atom. The second kappa shape index (κ2) is 14.0. The molecule has 0 N–H and O–H groups in total. The van der Waals surface area contributed by atoms with Crippen LogP contribution in [0.2, 0.25) is 0 Å². The Balaban J connectivity index is 0.000000331. The SMILES string of the molecule is COC(=O)c1cc(CBr)cc(C(=O)OC)c1.COCc1cc(C(=O)OC)cc(C(=O)OC)c1. The van der Waals surface area contributed by atoms with Crippen LogP contribution in [-0.4, -0.2) is 59.4 Å². The van der Waals surface area contributed by atoms with Crippen LogP contribution in [0.15, 0.2) is 36.4 Å². The smallest absolute Gasteiger partial charge is 0.337 e. The molecular formula is C23H25BrO9. The lowest BCUT2D eigenvalue weighted by molar-refractivity contribution is 0.0581. The quantitative estimate of drug-likeness (QED) is 0.304. The van der Waals surface area contributed by atoms with E-state index in [1.807, 2.05) is 0 Å². The van der Waals surface area contributed by atoms with Gasteiger partial charge in [0.25, 0.3) is 0 Å². The lowest BCUT2D eigenvalue weighted by Gasteiger charge is -2.07. The van der Waals surface area contributed by atoms with E-state index in [0.29, 0.717) is 39.8 Å². The van der Waals surface area contributed by atoms with E-state index in [1.54, 1.807) is 24.3 Å². The second-order valence-electron chi connectivity index (χ2n) is 6.37. The summed E-state index contributed by atoms with van der Waals surface area (Å²) >= 11 is 3.26. The van der Waals surface area contributed by atoms with Gasteiger partial charge in [-0.15, -0.1) is 0 Å². The van der Waals surface area contributed by atoms with Gasteiger partial charge in [0.15, 0.2) is 0 Å². The van der Waals surface area contributed by atoms with Crippen molar-refractivity contribution in [3.8, 4) is 0 Å². The molecule has 0 fully saturated rings. The first-order chi connectivity index (χ1) is 15.7. The summed E-state index contributed by atoms with van der Waals surface area (Å²) in [5.74, 6) is -1.97. The molecule has 0 unspecified atom stereocenters. The summed E-state index contributed by atoms with van der Waals surface area (Å²) in [5.41, 5.74) is 2.77. The van der Waals surface area contributed by atoms with Crippen molar-refractivity contribution >= 4 is 39.8 Å². The molecule has 0 radical (unpaired) electrons. The summed E-state index contributed by atoms with van der Waals surface area (Å²) in [5, 5.41) is 0.543. The fraction of sp³-hybridized carbons (Fsp3) is 0.304. The van der Waals surface area contributed by atoms with Gasteiger partial charge in [-0.2, -0.15) is 0 Å². The van der Waals surface area contributed by atoms with Crippen LogP contribution in [0, 0.1) is 0 Å². The van der Waals surface area contributed by atoms with E-state index in [-0.39, 0.29) is 0 Å². The largest absolute Gasteiger partial charge is 0.465 e. The Bertz CT molecular complexity index is 933. The fourth-order valence-corrected chi connectivity index (χ4v) is 2.98. The number of methoxy groups -OCH3 is 5. The number of halogens is 1. The third-order valence-corrected chi connectivity index (χ3v) is 4.78. The lowest BCUT2D eigenvalue weighted by atomic mass is 10.1. The number of hydrogen-bond acceptors (Lipinski definition) is 9. The van der Waals surface area contributed by atoms with Gasteiger partial charge in [-0.3, -0.25) is 0 Å². The molecule has 0 bridgehead atoms. The Morgan fingerprint density at radius 2 is 0.879 bits per heavy atom. The van der Waals surface area contributed by atoms with Crippen molar-refractivity contribution < 1.29 is 42.9 Å². The minimum Gasteiger partial charge on any atom is -0.465 e. The average Bonchev–Trinajstić information content (AvgIpc) is 2.86. The zero-order chi connectivity index (χ0) is 25.0. The van der Waals surface area contributed by atoms with Crippen LogP contribution in [0.3, 0.4) is 0 Å². The highest BCUT2D eigenvalue weighted by Crippen LogP contribution is 2.15. The number of alkyl halides is 1.